The highest BCUT2D eigenvalue weighted by atomic mass is 35.5. The second-order valence-electron chi connectivity index (χ2n) is 10.7. The van der Waals surface area contributed by atoms with Gasteiger partial charge in [-0.3, -0.25) is 29.8 Å². The first-order valence-electron chi connectivity index (χ1n) is 13.0. The fraction of sp³-hybridized carbons (Fsp3) is 0.600. The molecule has 0 bridgehead atoms. The van der Waals surface area contributed by atoms with E-state index in [1.54, 1.807) is 0 Å². The number of carbonyl (C=O) groups is 4. The number of carbonyl (C=O) groups excluding carboxylic acids is 4. The Bertz CT molecular complexity index is 1270. The van der Waals surface area contributed by atoms with Crippen LogP contribution < -0.4 is 16.0 Å². The number of rotatable bonds is 6. The van der Waals surface area contributed by atoms with Crippen LogP contribution in [-0.2, 0) is 32.2 Å². The average molecular weight is 607 g/mol. The summed E-state index contributed by atoms with van der Waals surface area (Å²) in [6.07, 6.45) is -7.31. The Hall–Kier alpha value is -3.01. The molecule has 0 spiro atoms. The second kappa shape index (κ2) is 11.0. The molecule has 4 amide bonds. The molecular weight excluding hydrogens is 580 g/mol. The van der Waals surface area contributed by atoms with Crippen molar-refractivity contribution in [2.24, 2.45) is 5.92 Å². The highest BCUT2D eigenvalue weighted by Crippen LogP contribution is 2.45. The summed E-state index contributed by atoms with van der Waals surface area (Å²) in [6, 6.07) is 0.288. The van der Waals surface area contributed by atoms with Crippen molar-refractivity contribution < 1.29 is 51.3 Å². The molecule has 5 rings (SSSR count). The van der Waals surface area contributed by atoms with Crippen LogP contribution in [-0.4, -0.2) is 70.7 Å². The molecule has 2 saturated heterocycles. The fourth-order valence-electron chi connectivity index (χ4n) is 5.99. The Morgan fingerprint density at radius 2 is 1.98 bits per heavy atom. The highest BCUT2D eigenvalue weighted by Gasteiger charge is 2.55. The number of nitrogens with zero attached hydrogens (tertiary/aromatic N) is 1. The van der Waals surface area contributed by atoms with Crippen LogP contribution in [0.4, 0.5) is 22.4 Å². The number of imide groups is 1. The number of fused-ring (bicyclic) bond motifs is 1. The van der Waals surface area contributed by atoms with E-state index in [0.717, 1.165) is 4.90 Å². The van der Waals surface area contributed by atoms with Crippen molar-refractivity contribution in [3.63, 3.8) is 0 Å². The summed E-state index contributed by atoms with van der Waals surface area (Å²) in [6.45, 7) is -0.226. The molecule has 1 aliphatic carbocycles. The van der Waals surface area contributed by atoms with Crippen molar-refractivity contribution in [2.75, 3.05) is 6.54 Å². The van der Waals surface area contributed by atoms with E-state index in [2.05, 4.69) is 20.7 Å². The maximum atomic E-state index is 15.4. The second-order valence-corrected chi connectivity index (χ2v) is 11.1. The molecule has 3 fully saturated rings. The summed E-state index contributed by atoms with van der Waals surface area (Å²) in [5.41, 5.74) is -1.78. The van der Waals surface area contributed by atoms with E-state index in [4.69, 9.17) is 16.3 Å². The molecule has 3 aliphatic heterocycles. The molecule has 1 aromatic carbocycles. The molecule has 0 aromatic heterocycles. The number of benzene rings is 1. The number of piperidine rings is 2. The minimum Gasteiger partial charge on any atom is -0.446 e. The topological polar surface area (TPSA) is 146 Å². The van der Waals surface area contributed by atoms with E-state index < -0.39 is 72.4 Å². The van der Waals surface area contributed by atoms with Gasteiger partial charge < -0.3 is 20.1 Å². The van der Waals surface area contributed by atoms with Crippen LogP contribution in [0.5, 0.6) is 0 Å². The summed E-state index contributed by atoms with van der Waals surface area (Å²) < 4.78 is 63.1. The van der Waals surface area contributed by atoms with Gasteiger partial charge in [0.15, 0.2) is 0 Å². The number of hydrogen-bond acceptors (Lipinski definition) is 8. The SMILES string of the molecule is O=C1CCC(N2Cc3c(Cl)cc(CNC(=O)OC4CC(O)(C5CCCNC5OC(F)(F)F)C4)c(F)c3C2=O)C(=O)N1. The molecule has 3 atom stereocenters. The van der Waals surface area contributed by atoms with Crippen LogP contribution in [0.25, 0.3) is 0 Å². The predicted molar refractivity (Wildman–Crippen MR) is 130 cm³/mol. The molecule has 11 nitrogen and oxygen atoms in total. The normalized spacial score (nSPS) is 30.0. The van der Waals surface area contributed by atoms with Crippen molar-refractivity contribution in [3.05, 3.63) is 33.6 Å². The number of alkyl carbamates (subject to hydrolysis) is 1. The van der Waals surface area contributed by atoms with Crippen molar-refractivity contribution >= 4 is 35.4 Å². The maximum Gasteiger partial charge on any atom is 0.524 e. The summed E-state index contributed by atoms with van der Waals surface area (Å²) in [5, 5.41) is 18.1. The van der Waals surface area contributed by atoms with Gasteiger partial charge >= 0.3 is 12.5 Å². The average Bonchev–Trinajstić information content (AvgIpc) is 3.21. The zero-order chi connectivity index (χ0) is 29.7. The minimum atomic E-state index is -4.88. The third kappa shape index (κ3) is 5.98. The monoisotopic (exact) mass is 606 g/mol. The van der Waals surface area contributed by atoms with Crippen LogP contribution in [0.2, 0.25) is 5.02 Å². The first-order valence-corrected chi connectivity index (χ1v) is 13.4. The van der Waals surface area contributed by atoms with Gasteiger partial charge in [-0.25, -0.2) is 9.18 Å². The zero-order valence-corrected chi connectivity index (χ0v) is 22.2. The Kier molecular flexibility index (Phi) is 7.91. The van der Waals surface area contributed by atoms with Gasteiger partial charge in [0.2, 0.25) is 11.8 Å². The van der Waals surface area contributed by atoms with Gasteiger partial charge in [-0.1, -0.05) is 11.6 Å². The summed E-state index contributed by atoms with van der Waals surface area (Å²) in [4.78, 5) is 50.2. The summed E-state index contributed by atoms with van der Waals surface area (Å²) >= 11 is 6.31. The number of alkyl halides is 3. The molecule has 41 heavy (non-hydrogen) atoms. The van der Waals surface area contributed by atoms with Crippen molar-refractivity contribution in [2.45, 2.75) is 82.0 Å². The lowest BCUT2D eigenvalue weighted by molar-refractivity contribution is -0.363. The molecular formula is C25H27ClF4N4O7. The van der Waals surface area contributed by atoms with Crippen molar-refractivity contribution in [1.29, 1.82) is 0 Å². The van der Waals surface area contributed by atoms with E-state index >= 15 is 4.39 Å². The Labute approximate surface area is 235 Å². The molecule has 16 heteroatoms. The fourth-order valence-corrected chi connectivity index (χ4v) is 6.28. The maximum absolute atomic E-state index is 15.4. The van der Waals surface area contributed by atoms with Gasteiger partial charge in [-0.2, -0.15) is 0 Å². The molecule has 1 aromatic rings. The summed E-state index contributed by atoms with van der Waals surface area (Å²) in [5.74, 6) is -3.67. The van der Waals surface area contributed by atoms with E-state index in [-0.39, 0.29) is 53.9 Å². The minimum absolute atomic E-state index is 0.0296. The van der Waals surface area contributed by atoms with Gasteiger partial charge in [0.1, 0.15) is 24.2 Å². The van der Waals surface area contributed by atoms with Crippen LogP contribution >= 0.6 is 11.6 Å². The molecule has 3 heterocycles. The first kappa shape index (κ1) is 29.5. The smallest absolute Gasteiger partial charge is 0.446 e. The number of ether oxygens (including phenoxy) is 2. The van der Waals surface area contributed by atoms with Crippen LogP contribution in [0, 0.1) is 11.7 Å². The Morgan fingerprint density at radius 1 is 1.24 bits per heavy atom. The van der Waals surface area contributed by atoms with Crippen molar-refractivity contribution in [1.82, 2.24) is 20.9 Å². The molecule has 224 valence electrons. The molecule has 3 unspecified atom stereocenters. The Morgan fingerprint density at radius 3 is 2.66 bits per heavy atom. The number of nitrogens with one attached hydrogen (secondary N) is 3. The van der Waals surface area contributed by atoms with Gasteiger partial charge in [0, 0.05) is 54.4 Å². The molecule has 1 saturated carbocycles. The lowest BCUT2D eigenvalue weighted by Crippen LogP contribution is -2.62. The van der Waals surface area contributed by atoms with Gasteiger partial charge in [-0.15, -0.1) is 13.2 Å². The summed E-state index contributed by atoms with van der Waals surface area (Å²) in [7, 11) is 0. The van der Waals surface area contributed by atoms with Gasteiger partial charge in [0.25, 0.3) is 5.91 Å². The number of hydrogen-bond donors (Lipinski definition) is 4. The standard InChI is InChI=1S/C25H27ClF4N4O7/c26-15-6-11(19(27)18-13(15)10-34(22(18)37)16-3-4-17(35)33-20(16)36)9-32-23(38)40-12-7-24(39,8-12)14-2-1-5-31-21(14)41-25(28,29)30/h6,12,14,16,21,31,39H,1-5,7-10H2,(H,32,38)(H,33,35,36). The molecule has 4 aliphatic rings. The predicted octanol–water partition coefficient (Wildman–Crippen LogP) is 2.22. The van der Waals surface area contributed by atoms with E-state index in [1.807, 2.05) is 0 Å². The largest absolute Gasteiger partial charge is 0.524 e. The van der Waals surface area contributed by atoms with E-state index in [9.17, 15) is 37.5 Å². The lowest BCUT2D eigenvalue weighted by atomic mass is 9.66. The van der Waals surface area contributed by atoms with Crippen LogP contribution in [0.1, 0.15) is 60.0 Å². The van der Waals surface area contributed by atoms with Gasteiger partial charge in [0.05, 0.1) is 11.2 Å². The van der Waals surface area contributed by atoms with Crippen LogP contribution in [0.3, 0.4) is 0 Å². The number of aliphatic hydroxyl groups is 1. The number of amides is 4. The highest BCUT2D eigenvalue weighted by molar-refractivity contribution is 6.32. The number of halogens is 5. The Balaban J connectivity index is 1.17. The van der Waals surface area contributed by atoms with E-state index in [0.29, 0.717) is 19.4 Å². The quantitative estimate of drug-likeness (QED) is 0.285. The molecule has 0 radical (unpaired) electrons. The van der Waals surface area contributed by atoms with Crippen LogP contribution in [0.15, 0.2) is 6.07 Å². The first-order chi connectivity index (χ1) is 19.3. The third-order valence-corrected chi connectivity index (χ3v) is 8.33. The third-order valence-electron chi connectivity index (χ3n) is 7.99. The zero-order valence-electron chi connectivity index (χ0n) is 21.5. The lowest BCUT2D eigenvalue weighted by Gasteiger charge is -2.51. The molecule has 4 N–H and O–H groups in total. The van der Waals surface area contributed by atoms with Gasteiger partial charge in [-0.05, 0) is 31.9 Å². The van der Waals surface area contributed by atoms with E-state index in [1.165, 1.54) is 6.07 Å². The van der Waals surface area contributed by atoms with Crippen molar-refractivity contribution in [3.8, 4) is 0 Å².